The van der Waals surface area contributed by atoms with Crippen molar-refractivity contribution < 1.29 is 14.0 Å². The second kappa shape index (κ2) is 8.88. The first-order chi connectivity index (χ1) is 13.0. The lowest BCUT2D eigenvalue weighted by molar-refractivity contribution is -0.119. The van der Waals surface area contributed by atoms with Gasteiger partial charge >= 0.3 is 0 Å². The van der Waals surface area contributed by atoms with Crippen LogP contribution in [0, 0.1) is 0 Å². The minimum Gasteiger partial charge on any atom is -0.463 e. The van der Waals surface area contributed by atoms with E-state index < -0.39 is 0 Å². The number of hydrogen-bond acceptors (Lipinski definition) is 6. The maximum absolute atomic E-state index is 12.7. The Morgan fingerprint density at radius 2 is 2.04 bits per heavy atom. The van der Waals surface area contributed by atoms with Crippen LogP contribution in [0.1, 0.15) is 24.2 Å². The molecule has 1 aromatic carbocycles. The van der Waals surface area contributed by atoms with E-state index in [0.717, 1.165) is 4.90 Å². The fourth-order valence-electron chi connectivity index (χ4n) is 2.32. The highest BCUT2D eigenvalue weighted by atomic mass is 32.2. The van der Waals surface area contributed by atoms with E-state index in [9.17, 15) is 9.59 Å². The second-order valence-electron chi connectivity index (χ2n) is 5.98. The third kappa shape index (κ3) is 5.21. The lowest BCUT2D eigenvalue weighted by Crippen LogP contribution is -2.31. The molecule has 0 spiro atoms. The number of furan rings is 1. The molecule has 8 heteroatoms. The maximum Gasteiger partial charge on any atom is 0.258 e. The molecule has 0 unspecified atom stereocenters. The molecule has 0 aliphatic carbocycles. The van der Waals surface area contributed by atoms with Gasteiger partial charge in [0.25, 0.3) is 5.91 Å². The van der Waals surface area contributed by atoms with Crippen molar-refractivity contribution >= 4 is 40.0 Å². The molecule has 0 bridgehead atoms. The Labute approximate surface area is 165 Å². The SMILES string of the molecule is CC(C)NC(=O)CSc1ccccc1C(=O)Nc1nc(-c2ccco2)cs1. The number of hydrogen-bond donors (Lipinski definition) is 2. The number of thiazole rings is 1. The van der Waals surface area contributed by atoms with E-state index >= 15 is 0 Å². The minimum absolute atomic E-state index is 0.0618. The van der Waals surface area contributed by atoms with E-state index in [0.29, 0.717) is 22.1 Å². The van der Waals surface area contributed by atoms with E-state index in [1.165, 1.54) is 23.1 Å². The van der Waals surface area contributed by atoms with Gasteiger partial charge in [-0.15, -0.1) is 23.1 Å². The number of aromatic nitrogens is 1. The molecule has 27 heavy (non-hydrogen) atoms. The van der Waals surface area contributed by atoms with Gasteiger partial charge in [0.1, 0.15) is 5.69 Å². The van der Waals surface area contributed by atoms with Crippen LogP contribution in [0.5, 0.6) is 0 Å². The summed E-state index contributed by atoms with van der Waals surface area (Å²) >= 11 is 2.66. The average Bonchev–Trinajstić information content (AvgIpc) is 3.31. The van der Waals surface area contributed by atoms with Gasteiger partial charge in [0.2, 0.25) is 5.91 Å². The quantitative estimate of drug-likeness (QED) is 0.578. The van der Waals surface area contributed by atoms with E-state index in [1.807, 2.05) is 37.4 Å². The largest absolute Gasteiger partial charge is 0.463 e. The summed E-state index contributed by atoms with van der Waals surface area (Å²) in [5.41, 5.74) is 1.18. The van der Waals surface area contributed by atoms with Crippen molar-refractivity contribution in [2.75, 3.05) is 11.1 Å². The fourth-order valence-corrected chi connectivity index (χ4v) is 3.88. The summed E-state index contributed by atoms with van der Waals surface area (Å²) in [6.45, 7) is 3.82. The van der Waals surface area contributed by atoms with Crippen molar-refractivity contribution in [1.29, 1.82) is 0 Å². The van der Waals surface area contributed by atoms with Gasteiger partial charge in [0, 0.05) is 16.3 Å². The number of nitrogens with one attached hydrogen (secondary N) is 2. The number of anilines is 1. The number of carbonyl (C=O) groups is 2. The molecule has 3 rings (SSSR count). The standard InChI is InChI=1S/C19H19N3O3S2/c1-12(2)20-17(23)11-26-16-8-4-3-6-13(16)18(24)22-19-21-14(10-27-19)15-7-5-9-25-15/h3-10,12H,11H2,1-2H3,(H,20,23)(H,21,22,24). The van der Waals surface area contributed by atoms with Crippen LogP contribution >= 0.6 is 23.1 Å². The number of nitrogens with zero attached hydrogens (tertiary/aromatic N) is 1. The number of thioether (sulfide) groups is 1. The summed E-state index contributed by atoms with van der Waals surface area (Å²) < 4.78 is 5.31. The Kier molecular flexibility index (Phi) is 6.31. The molecule has 3 aromatic rings. The first-order valence-corrected chi connectivity index (χ1v) is 10.2. The summed E-state index contributed by atoms with van der Waals surface area (Å²) in [4.78, 5) is 29.7. The summed E-state index contributed by atoms with van der Waals surface area (Å²) in [5.74, 6) is 0.581. The molecule has 0 radical (unpaired) electrons. The van der Waals surface area contributed by atoms with E-state index in [4.69, 9.17) is 4.42 Å². The lowest BCUT2D eigenvalue weighted by Gasteiger charge is -2.10. The molecule has 140 valence electrons. The summed E-state index contributed by atoms with van der Waals surface area (Å²) in [7, 11) is 0. The van der Waals surface area contributed by atoms with Crippen LogP contribution in [0.15, 0.2) is 57.4 Å². The van der Waals surface area contributed by atoms with Gasteiger partial charge in [-0.3, -0.25) is 14.9 Å². The van der Waals surface area contributed by atoms with E-state index in [1.54, 1.807) is 24.5 Å². The number of amides is 2. The van der Waals surface area contributed by atoms with E-state index in [2.05, 4.69) is 15.6 Å². The first kappa shape index (κ1) is 19.2. The number of rotatable bonds is 7. The Morgan fingerprint density at radius 1 is 1.22 bits per heavy atom. The van der Waals surface area contributed by atoms with Crippen LogP contribution in [-0.2, 0) is 4.79 Å². The van der Waals surface area contributed by atoms with Gasteiger partial charge < -0.3 is 9.73 Å². The Hall–Kier alpha value is -2.58. The average molecular weight is 402 g/mol. The summed E-state index contributed by atoms with van der Waals surface area (Å²) in [6, 6.07) is 10.9. The molecule has 2 N–H and O–H groups in total. The molecule has 0 aliphatic heterocycles. The van der Waals surface area contributed by atoms with Crippen molar-refractivity contribution in [2.24, 2.45) is 0 Å². The second-order valence-corrected chi connectivity index (χ2v) is 7.85. The van der Waals surface area contributed by atoms with Gasteiger partial charge in [0.15, 0.2) is 10.9 Å². The van der Waals surface area contributed by atoms with Crippen molar-refractivity contribution in [2.45, 2.75) is 24.8 Å². The van der Waals surface area contributed by atoms with Crippen molar-refractivity contribution in [3.63, 3.8) is 0 Å². The third-order valence-corrected chi connectivity index (χ3v) is 5.27. The topological polar surface area (TPSA) is 84.2 Å². The van der Waals surface area contributed by atoms with Gasteiger partial charge in [-0.1, -0.05) is 12.1 Å². The fraction of sp³-hybridized carbons (Fsp3) is 0.211. The number of benzene rings is 1. The zero-order chi connectivity index (χ0) is 19.2. The first-order valence-electron chi connectivity index (χ1n) is 8.35. The predicted octanol–water partition coefficient (Wildman–Crippen LogP) is 4.27. The molecule has 2 heterocycles. The molecule has 0 saturated heterocycles. The van der Waals surface area contributed by atoms with Crippen molar-refractivity contribution in [3.05, 3.63) is 53.6 Å². The lowest BCUT2D eigenvalue weighted by atomic mass is 10.2. The third-order valence-electron chi connectivity index (χ3n) is 3.44. The molecule has 2 amide bonds. The van der Waals surface area contributed by atoms with E-state index in [-0.39, 0.29) is 23.6 Å². The van der Waals surface area contributed by atoms with Gasteiger partial charge in [-0.05, 0) is 38.1 Å². The minimum atomic E-state index is -0.261. The number of carbonyl (C=O) groups excluding carboxylic acids is 2. The predicted molar refractivity (Wildman–Crippen MR) is 108 cm³/mol. The zero-order valence-corrected chi connectivity index (χ0v) is 16.5. The zero-order valence-electron chi connectivity index (χ0n) is 14.9. The van der Waals surface area contributed by atoms with Gasteiger partial charge in [-0.2, -0.15) is 0 Å². The van der Waals surface area contributed by atoms with Gasteiger partial charge in [0.05, 0.1) is 17.6 Å². The Bertz CT molecular complexity index is 920. The van der Waals surface area contributed by atoms with Crippen LogP contribution in [0.3, 0.4) is 0 Å². The molecule has 0 fully saturated rings. The molecule has 0 atom stereocenters. The van der Waals surface area contributed by atoms with Crippen LogP contribution < -0.4 is 10.6 Å². The summed E-state index contributed by atoms with van der Waals surface area (Å²) in [5, 5.41) is 7.97. The highest BCUT2D eigenvalue weighted by Crippen LogP contribution is 2.27. The molecule has 0 saturated carbocycles. The highest BCUT2D eigenvalue weighted by molar-refractivity contribution is 8.00. The normalized spacial score (nSPS) is 10.8. The van der Waals surface area contributed by atoms with Gasteiger partial charge in [-0.25, -0.2) is 4.98 Å². The maximum atomic E-state index is 12.7. The van der Waals surface area contributed by atoms with Crippen molar-refractivity contribution in [3.8, 4) is 11.5 Å². The van der Waals surface area contributed by atoms with Crippen LogP contribution in [0.25, 0.3) is 11.5 Å². The molecule has 2 aromatic heterocycles. The van der Waals surface area contributed by atoms with Crippen molar-refractivity contribution in [1.82, 2.24) is 10.3 Å². The Morgan fingerprint density at radius 3 is 2.78 bits per heavy atom. The highest BCUT2D eigenvalue weighted by Gasteiger charge is 2.15. The molecular formula is C19H19N3O3S2. The molecule has 6 nitrogen and oxygen atoms in total. The van der Waals surface area contributed by atoms with Crippen LogP contribution in [-0.4, -0.2) is 28.6 Å². The molecular weight excluding hydrogens is 382 g/mol. The van der Waals surface area contributed by atoms with Crippen LogP contribution in [0.4, 0.5) is 5.13 Å². The Balaban J connectivity index is 1.67. The molecule has 0 aliphatic rings. The smallest absolute Gasteiger partial charge is 0.258 e. The van der Waals surface area contributed by atoms with Crippen LogP contribution in [0.2, 0.25) is 0 Å². The summed E-state index contributed by atoms with van der Waals surface area (Å²) in [6.07, 6.45) is 1.58. The monoisotopic (exact) mass is 401 g/mol.